The molecule has 3 aromatic heterocycles. The zero-order valence-electron chi connectivity index (χ0n) is 14.2. The van der Waals surface area contributed by atoms with Gasteiger partial charge in [-0.2, -0.15) is 13.2 Å². The summed E-state index contributed by atoms with van der Waals surface area (Å²) in [5, 5.41) is 11.4. The second kappa shape index (κ2) is 6.66. The first-order valence-electron chi connectivity index (χ1n) is 8.01. The lowest BCUT2D eigenvalue weighted by Gasteiger charge is -2.13. The number of nitrogens with one attached hydrogen (secondary N) is 1. The van der Waals surface area contributed by atoms with Crippen LogP contribution in [-0.4, -0.2) is 24.6 Å². The van der Waals surface area contributed by atoms with Gasteiger partial charge in [-0.15, -0.1) is 10.2 Å². The number of rotatable bonds is 3. The molecule has 0 unspecified atom stereocenters. The van der Waals surface area contributed by atoms with E-state index in [1.807, 2.05) is 0 Å². The van der Waals surface area contributed by atoms with Crippen LogP contribution in [0, 0.1) is 12.7 Å². The molecule has 28 heavy (non-hydrogen) atoms. The average Bonchev–Trinajstić information content (AvgIpc) is 3.11. The number of alkyl halides is 3. The third kappa shape index (κ3) is 3.15. The summed E-state index contributed by atoms with van der Waals surface area (Å²) >= 11 is 3.40. The fourth-order valence-corrected chi connectivity index (χ4v) is 3.37. The molecule has 6 nitrogen and oxygen atoms in total. The van der Waals surface area contributed by atoms with E-state index in [4.69, 9.17) is 0 Å². The third-order valence-electron chi connectivity index (χ3n) is 4.14. The van der Waals surface area contributed by atoms with E-state index in [2.05, 4.69) is 41.4 Å². The standard InChI is InChI=1S/C17H11BrF4N6/c1-8-25-14-10(5-12(18)28-7-24-27-16(14)28)15(26-8)23-6-9-3-2-4-11(13(9)19)17(20,21)22/h2-5,7H,6H2,1H3,(H,23,25,26). The van der Waals surface area contributed by atoms with Crippen LogP contribution in [0.15, 0.2) is 35.2 Å². The number of benzene rings is 1. The molecule has 0 aliphatic heterocycles. The molecule has 0 saturated carbocycles. The van der Waals surface area contributed by atoms with E-state index in [0.717, 1.165) is 0 Å². The van der Waals surface area contributed by atoms with Crippen molar-refractivity contribution in [1.29, 1.82) is 0 Å². The number of fused-ring (bicyclic) bond motifs is 3. The van der Waals surface area contributed by atoms with Gasteiger partial charge in [0.1, 0.15) is 29.3 Å². The second-order valence-electron chi connectivity index (χ2n) is 6.00. The number of hydrogen-bond acceptors (Lipinski definition) is 5. The average molecular weight is 455 g/mol. The molecule has 0 bridgehead atoms. The Balaban J connectivity index is 1.76. The molecule has 0 atom stereocenters. The zero-order chi connectivity index (χ0) is 20.1. The summed E-state index contributed by atoms with van der Waals surface area (Å²) in [4.78, 5) is 8.68. The van der Waals surface area contributed by atoms with Crippen LogP contribution in [0.5, 0.6) is 0 Å². The van der Waals surface area contributed by atoms with Gasteiger partial charge in [0.2, 0.25) is 0 Å². The Labute approximate surface area is 163 Å². The SMILES string of the molecule is Cc1nc(NCc2cccc(C(F)(F)F)c2F)c2cc(Br)n3cnnc3c2n1. The van der Waals surface area contributed by atoms with E-state index < -0.39 is 17.6 Å². The number of nitrogens with zero attached hydrogens (tertiary/aromatic N) is 5. The fourth-order valence-electron chi connectivity index (χ4n) is 2.88. The molecular formula is C17H11BrF4N6. The molecule has 144 valence electrons. The molecule has 11 heteroatoms. The van der Waals surface area contributed by atoms with E-state index in [1.165, 1.54) is 18.5 Å². The maximum absolute atomic E-state index is 14.3. The monoisotopic (exact) mass is 454 g/mol. The van der Waals surface area contributed by atoms with E-state index in [9.17, 15) is 17.6 Å². The largest absolute Gasteiger partial charge is 0.419 e. The maximum atomic E-state index is 14.3. The van der Waals surface area contributed by atoms with Crippen molar-refractivity contribution in [3.05, 3.63) is 58.0 Å². The van der Waals surface area contributed by atoms with Crippen LogP contribution in [0.2, 0.25) is 0 Å². The summed E-state index contributed by atoms with van der Waals surface area (Å²) in [6.07, 6.45) is -3.25. The lowest BCUT2D eigenvalue weighted by molar-refractivity contribution is -0.140. The predicted molar refractivity (Wildman–Crippen MR) is 97.2 cm³/mol. The number of aromatic nitrogens is 5. The minimum absolute atomic E-state index is 0.123. The molecule has 0 amide bonds. The summed E-state index contributed by atoms with van der Waals surface area (Å²) in [5.74, 6) is -0.532. The van der Waals surface area contributed by atoms with Crippen molar-refractivity contribution in [2.24, 2.45) is 0 Å². The summed E-state index contributed by atoms with van der Waals surface area (Å²) in [6, 6.07) is 4.90. The Morgan fingerprint density at radius 2 is 2.00 bits per heavy atom. The number of pyridine rings is 1. The van der Waals surface area contributed by atoms with Gasteiger partial charge in [-0.3, -0.25) is 4.40 Å². The number of anilines is 1. The topological polar surface area (TPSA) is 68.0 Å². The van der Waals surface area contributed by atoms with E-state index in [-0.39, 0.29) is 12.1 Å². The number of hydrogen-bond donors (Lipinski definition) is 1. The van der Waals surface area contributed by atoms with Crippen molar-refractivity contribution in [2.45, 2.75) is 19.6 Å². The van der Waals surface area contributed by atoms with Crippen molar-refractivity contribution in [3.8, 4) is 0 Å². The predicted octanol–water partition coefficient (Wildman–Crippen LogP) is 4.51. The Morgan fingerprint density at radius 3 is 2.75 bits per heavy atom. The first-order valence-corrected chi connectivity index (χ1v) is 8.80. The van der Waals surface area contributed by atoms with Crippen LogP contribution < -0.4 is 5.32 Å². The summed E-state index contributed by atoms with van der Waals surface area (Å²) in [7, 11) is 0. The van der Waals surface area contributed by atoms with Crippen molar-refractivity contribution < 1.29 is 17.6 Å². The zero-order valence-corrected chi connectivity index (χ0v) is 15.8. The second-order valence-corrected chi connectivity index (χ2v) is 6.82. The van der Waals surface area contributed by atoms with E-state index in [0.29, 0.717) is 38.9 Å². The van der Waals surface area contributed by atoms with Crippen molar-refractivity contribution in [1.82, 2.24) is 24.6 Å². The van der Waals surface area contributed by atoms with Crippen molar-refractivity contribution in [2.75, 3.05) is 5.32 Å². The van der Waals surface area contributed by atoms with Gasteiger partial charge >= 0.3 is 6.18 Å². The minimum Gasteiger partial charge on any atom is -0.365 e. The molecule has 0 fully saturated rings. The molecule has 4 rings (SSSR count). The van der Waals surface area contributed by atoms with Gasteiger partial charge in [-0.05, 0) is 35.0 Å². The lowest BCUT2D eigenvalue weighted by Crippen LogP contribution is -2.12. The van der Waals surface area contributed by atoms with Gasteiger partial charge in [0.15, 0.2) is 5.65 Å². The highest BCUT2D eigenvalue weighted by Crippen LogP contribution is 2.33. The highest BCUT2D eigenvalue weighted by Gasteiger charge is 2.34. The smallest absolute Gasteiger partial charge is 0.365 e. The van der Waals surface area contributed by atoms with Gasteiger partial charge in [-0.25, -0.2) is 14.4 Å². The first-order chi connectivity index (χ1) is 13.3. The normalized spacial score (nSPS) is 12.1. The highest BCUT2D eigenvalue weighted by atomic mass is 79.9. The molecular weight excluding hydrogens is 444 g/mol. The van der Waals surface area contributed by atoms with Crippen LogP contribution in [0.25, 0.3) is 16.6 Å². The lowest BCUT2D eigenvalue weighted by atomic mass is 10.1. The molecule has 0 aliphatic rings. The fraction of sp³-hybridized carbons (Fsp3) is 0.176. The molecule has 0 spiro atoms. The summed E-state index contributed by atoms with van der Waals surface area (Å²) in [5.41, 5.74) is -0.423. The summed E-state index contributed by atoms with van der Waals surface area (Å²) < 4.78 is 55.3. The van der Waals surface area contributed by atoms with Gasteiger partial charge < -0.3 is 5.32 Å². The van der Waals surface area contributed by atoms with Crippen molar-refractivity contribution in [3.63, 3.8) is 0 Å². The third-order valence-corrected chi connectivity index (χ3v) is 4.75. The molecule has 3 heterocycles. The molecule has 0 aliphatic carbocycles. The Morgan fingerprint density at radius 1 is 1.21 bits per heavy atom. The molecule has 0 saturated heterocycles. The van der Waals surface area contributed by atoms with Crippen LogP contribution >= 0.6 is 15.9 Å². The Bertz CT molecular complexity index is 1200. The Hall–Kier alpha value is -2.82. The molecule has 4 aromatic rings. The van der Waals surface area contributed by atoms with Crippen LogP contribution in [0.1, 0.15) is 17.0 Å². The van der Waals surface area contributed by atoms with Crippen LogP contribution in [-0.2, 0) is 12.7 Å². The van der Waals surface area contributed by atoms with E-state index >= 15 is 0 Å². The van der Waals surface area contributed by atoms with Gasteiger partial charge in [0.25, 0.3) is 0 Å². The van der Waals surface area contributed by atoms with Crippen LogP contribution in [0.3, 0.4) is 0 Å². The number of aryl methyl sites for hydroxylation is 1. The maximum Gasteiger partial charge on any atom is 0.419 e. The van der Waals surface area contributed by atoms with Gasteiger partial charge in [0.05, 0.1) is 10.2 Å². The molecule has 1 N–H and O–H groups in total. The quantitative estimate of drug-likeness (QED) is 0.364. The molecule has 0 radical (unpaired) electrons. The van der Waals surface area contributed by atoms with Gasteiger partial charge in [0, 0.05) is 17.5 Å². The van der Waals surface area contributed by atoms with Gasteiger partial charge in [-0.1, -0.05) is 12.1 Å². The Kier molecular flexibility index (Phi) is 4.41. The number of halogens is 5. The summed E-state index contributed by atoms with van der Waals surface area (Å²) in [6.45, 7) is 1.49. The minimum atomic E-state index is -4.76. The van der Waals surface area contributed by atoms with E-state index in [1.54, 1.807) is 17.4 Å². The highest BCUT2D eigenvalue weighted by molar-refractivity contribution is 9.10. The van der Waals surface area contributed by atoms with Crippen LogP contribution in [0.4, 0.5) is 23.4 Å². The van der Waals surface area contributed by atoms with Crippen molar-refractivity contribution >= 4 is 38.3 Å². The molecule has 1 aromatic carbocycles. The first kappa shape index (κ1) is 18.5.